The Labute approximate surface area is 184 Å². The molecule has 1 aromatic carbocycles. The van der Waals surface area contributed by atoms with E-state index in [9.17, 15) is 0 Å². The van der Waals surface area contributed by atoms with Crippen LogP contribution in [0.3, 0.4) is 0 Å². The van der Waals surface area contributed by atoms with Crippen LogP contribution in [0.2, 0.25) is 0 Å². The van der Waals surface area contributed by atoms with E-state index in [-0.39, 0.29) is 12.1 Å². The molecule has 2 atom stereocenters. The molecule has 160 valence electrons. The first-order chi connectivity index (χ1) is 14.9. The van der Waals surface area contributed by atoms with Gasteiger partial charge in [0, 0.05) is 68.5 Å². The van der Waals surface area contributed by atoms with Crippen molar-refractivity contribution in [2.24, 2.45) is 10.7 Å². The van der Waals surface area contributed by atoms with Gasteiger partial charge in [-0.3, -0.25) is 4.99 Å². The topological polar surface area (TPSA) is 70.6 Å². The van der Waals surface area contributed by atoms with E-state index in [2.05, 4.69) is 47.8 Å². The van der Waals surface area contributed by atoms with Crippen LogP contribution in [0, 0.1) is 0 Å². The van der Waals surface area contributed by atoms with Crippen LogP contribution in [0.4, 0.5) is 5.82 Å². The lowest BCUT2D eigenvalue weighted by molar-refractivity contribution is 0.566. The number of hydrogen-bond acceptors (Lipinski definition) is 6. The van der Waals surface area contributed by atoms with E-state index in [4.69, 9.17) is 15.7 Å². The second-order valence-corrected chi connectivity index (χ2v) is 8.40. The van der Waals surface area contributed by atoms with Crippen molar-refractivity contribution in [3.8, 4) is 11.4 Å². The summed E-state index contributed by atoms with van der Waals surface area (Å²) in [6.45, 7) is 7.74. The Hall–Kier alpha value is -3.25. The molecule has 1 unspecified atom stereocenters. The number of benzene rings is 1. The minimum atomic E-state index is 0.172. The maximum atomic E-state index is 6.20. The van der Waals surface area contributed by atoms with Gasteiger partial charge in [-0.2, -0.15) is 0 Å². The van der Waals surface area contributed by atoms with Crippen LogP contribution in [0.1, 0.15) is 24.5 Å². The van der Waals surface area contributed by atoms with E-state index in [0.717, 1.165) is 53.2 Å². The minimum absolute atomic E-state index is 0.172. The Morgan fingerprint density at radius 2 is 2.16 bits per heavy atom. The Kier molecular flexibility index (Phi) is 6.00. The van der Waals surface area contributed by atoms with Crippen molar-refractivity contribution in [1.82, 2.24) is 14.9 Å². The maximum Gasteiger partial charge on any atom is 0.161 e. The predicted molar refractivity (Wildman–Crippen MR) is 130 cm³/mol. The van der Waals surface area contributed by atoms with Gasteiger partial charge >= 0.3 is 0 Å². The van der Waals surface area contributed by atoms with Crippen molar-refractivity contribution in [3.05, 3.63) is 66.5 Å². The van der Waals surface area contributed by atoms with Crippen LogP contribution in [0.25, 0.3) is 22.5 Å². The third-order valence-electron chi connectivity index (χ3n) is 5.54. The van der Waals surface area contributed by atoms with Gasteiger partial charge in [0.15, 0.2) is 5.82 Å². The molecule has 4 rings (SSSR count). The second kappa shape index (κ2) is 8.86. The van der Waals surface area contributed by atoms with E-state index in [1.807, 2.05) is 49.6 Å². The van der Waals surface area contributed by atoms with Gasteiger partial charge in [0.25, 0.3) is 0 Å². The first-order valence-corrected chi connectivity index (χ1v) is 10.7. The molecular weight excluding hydrogens is 384 g/mol. The van der Waals surface area contributed by atoms with Crippen LogP contribution in [-0.4, -0.2) is 60.4 Å². The third kappa shape index (κ3) is 4.59. The van der Waals surface area contributed by atoms with Crippen molar-refractivity contribution >= 4 is 23.2 Å². The highest BCUT2D eigenvalue weighted by Gasteiger charge is 2.25. The fraction of sp³-hybridized carbons (Fsp3) is 0.320. The first-order valence-electron chi connectivity index (χ1n) is 10.7. The van der Waals surface area contributed by atoms with Crippen molar-refractivity contribution in [2.75, 3.05) is 32.1 Å². The summed E-state index contributed by atoms with van der Waals surface area (Å²) in [7, 11) is 4.01. The van der Waals surface area contributed by atoms with Crippen LogP contribution in [0.5, 0.6) is 0 Å². The summed E-state index contributed by atoms with van der Waals surface area (Å²) in [6, 6.07) is 8.63. The zero-order chi connectivity index (χ0) is 22.0. The van der Waals surface area contributed by atoms with Gasteiger partial charge in [-0.15, -0.1) is 0 Å². The molecule has 6 heteroatoms. The number of aromatic nitrogens is 2. The zero-order valence-corrected chi connectivity index (χ0v) is 18.5. The smallest absolute Gasteiger partial charge is 0.161 e. The number of allylic oxidation sites excluding steroid dienone is 3. The number of nitrogens with two attached hydrogens (primary N) is 1. The molecule has 1 fully saturated rings. The number of rotatable bonds is 6. The monoisotopic (exact) mass is 414 g/mol. The Balaban J connectivity index is 1.76. The highest BCUT2D eigenvalue weighted by atomic mass is 15.2. The summed E-state index contributed by atoms with van der Waals surface area (Å²) in [6.07, 6.45) is 10.9. The largest absolute Gasteiger partial charge is 0.383 e. The standard InChI is InChI=1S/C25H30N6/c1-5-18(15-30(3)4)19-7-6-8-20(12-19)24-28-14-23(21-11-17(2)27-13-21)25(29-24)31-10-9-22(26)16-31/h5-8,11-15,17,22H,1,9-10,16,26H2,2-4H3/b18-15+/t17?,22-/m1/s1. The van der Waals surface area contributed by atoms with E-state index < -0.39 is 0 Å². The molecule has 2 N–H and O–H groups in total. The molecule has 0 spiro atoms. The van der Waals surface area contributed by atoms with E-state index in [1.165, 1.54) is 0 Å². The maximum absolute atomic E-state index is 6.20. The average Bonchev–Trinajstić information content (AvgIpc) is 3.39. The molecule has 2 aliphatic heterocycles. The second-order valence-electron chi connectivity index (χ2n) is 8.40. The molecule has 0 radical (unpaired) electrons. The van der Waals surface area contributed by atoms with Gasteiger partial charge < -0.3 is 15.5 Å². The van der Waals surface area contributed by atoms with Gasteiger partial charge in [0.05, 0.1) is 6.04 Å². The van der Waals surface area contributed by atoms with E-state index in [1.54, 1.807) is 0 Å². The van der Waals surface area contributed by atoms with Gasteiger partial charge in [0.1, 0.15) is 5.82 Å². The first kappa shape index (κ1) is 21.0. The van der Waals surface area contributed by atoms with Crippen molar-refractivity contribution in [1.29, 1.82) is 0 Å². The van der Waals surface area contributed by atoms with Gasteiger partial charge in [0.2, 0.25) is 0 Å². The minimum Gasteiger partial charge on any atom is -0.383 e. The van der Waals surface area contributed by atoms with Crippen molar-refractivity contribution in [2.45, 2.75) is 25.4 Å². The lowest BCUT2D eigenvalue weighted by Gasteiger charge is -2.21. The number of nitrogens with zero attached hydrogens (tertiary/aromatic N) is 5. The quantitative estimate of drug-likeness (QED) is 0.731. The molecular formula is C25H30N6. The summed E-state index contributed by atoms with van der Waals surface area (Å²) in [5.74, 6) is 1.64. The summed E-state index contributed by atoms with van der Waals surface area (Å²) >= 11 is 0. The number of anilines is 1. The average molecular weight is 415 g/mol. The van der Waals surface area contributed by atoms with Gasteiger partial charge in [-0.25, -0.2) is 9.97 Å². The number of hydrogen-bond donors (Lipinski definition) is 1. The fourth-order valence-corrected chi connectivity index (χ4v) is 4.00. The highest BCUT2D eigenvalue weighted by molar-refractivity contribution is 6.13. The zero-order valence-electron chi connectivity index (χ0n) is 18.5. The molecule has 6 nitrogen and oxygen atoms in total. The predicted octanol–water partition coefficient (Wildman–Crippen LogP) is 3.63. The van der Waals surface area contributed by atoms with Crippen LogP contribution in [0.15, 0.2) is 60.4 Å². The van der Waals surface area contributed by atoms with Gasteiger partial charge in [-0.05, 0) is 30.5 Å². The molecule has 3 heterocycles. The molecule has 0 aliphatic carbocycles. The summed E-state index contributed by atoms with van der Waals surface area (Å²) in [5, 5.41) is 0. The molecule has 1 saturated heterocycles. The Morgan fingerprint density at radius 3 is 2.81 bits per heavy atom. The molecule has 0 amide bonds. The van der Waals surface area contributed by atoms with Gasteiger partial charge in [-0.1, -0.05) is 36.9 Å². The summed E-state index contributed by atoms with van der Waals surface area (Å²) in [4.78, 5) is 18.5. The van der Waals surface area contributed by atoms with E-state index in [0.29, 0.717) is 5.82 Å². The van der Waals surface area contributed by atoms with E-state index >= 15 is 0 Å². The summed E-state index contributed by atoms with van der Waals surface area (Å²) < 4.78 is 0. The Bertz CT molecular complexity index is 1070. The molecule has 2 aromatic rings. The highest BCUT2D eigenvalue weighted by Crippen LogP contribution is 2.31. The Morgan fingerprint density at radius 1 is 1.32 bits per heavy atom. The van der Waals surface area contributed by atoms with Crippen molar-refractivity contribution < 1.29 is 0 Å². The van der Waals surface area contributed by atoms with Crippen LogP contribution < -0.4 is 10.6 Å². The third-order valence-corrected chi connectivity index (χ3v) is 5.54. The SMILES string of the molecule is C=C/C(=C\N(C)C)c1cccc(-c2ncc(C3=CC(C)N=C3)c(N3CC[C@@H](N)C3)n2)c1. The normalized spacial score (nSPS) is 20.8. The van der Waals surface area contributed by atoms with Crippen molar-refractivity contribution in [3.63, 3.8) is 0 Å². The molecule has 1 aromatic heterocycles. The molecule has 0 saturated carbocycles. The van der Waals surface area contributed by atoms with Crippen LogP contribution >= 0.6 is 0 Å². The molecule has 0 bridgehead atoms. The lowest BCUT2D eigenvalue weighted by Crippen LogP contribution is -2.27. The fourth-order valence-electron chi connectivity index (χ4n) is 4.00. The lowest BCUT2D eigenvalue weighted by atomic mass is 10.0. The molecule has 31 heavy (non-hydrogen) atoms. The summed E-state index contributed by atoms with van der Waals surface area (Å²) in [5.41, 5.74) is 11.4. The molecule has 2 aliphatic rings. The van der Waals surface area contributed by atoms with Crippen LogP contribution in [-0.2, 0) is 0 Å². The number of aliphatic imine (C=N–C) groups is 1.